The molecule has 1 fully saturated rings. The highest BCUT2D eigenvalue weighted by molar-refractivity contribution is 7.99. The third kappa shape index (κ3) is 3.28. The van der Waals surface area contributed by atoms with Gasteiger partial charge in [-0.2, -0.15) is 11.8 Å². The van der Waals surface area contributed by atoms with Gasteiger partial charge in [-0.3, -0.25) is 0 Å². The van der Waals surface area contributed by atoms with Gasteiger partial charge in [0.1, 0.15) is 17.5 Å². The summed E-state index contributed by atoms with van der Waals surface area (Å²) in [6.07, 6.45) is 6.85. The van der Waals surface area contributed by atoms with Crippen molar-refractivity contribution in [2.75, 3.05) is 23.9 Å². The predicted octanol–water partition coefficient (Wildman–Crippen LogP) is 2.78. The van der Waals surface area contributed by atoms with E-state index in [9.17, 15) is 0 Å². The van der Waals surface area contributed by atoms with E-state index in [1.807, 2.05) is 24.9 Å². The van der Waals surface area contributed by atoms with E-state index in [-0.39, 0.29) is 0 Å². The molecule has 1 aliphatic rings. The highest BCUT2D eigenvalue weighted by atomic mass is 32.2. The first-order chi connectivity index (χ1) is 8.75. The molecule has 1 heterocycles. The van der Waals surface area contributed by atoms with Gasteiger partial charge in [-0.05, 0) is 25.5 Å². The normalized spacial score (nSPS) is 23.1. The van der Waals surface area contributed by atoms with E-state index in [0.717, 1.165) is 29.1 Å². The fourth-order valence-electron chi connectivity index (χ4n) is 2.35. The maximum atomic E-state index is 4.55. The van der Waals surface area contributed by atoms with E-state index in [2.05, 4.69) is 33.8 Å². The van der Waals surface area contributed by atoms with Crippen LogP contribution in [0.4, 0.5) is 11.6 Å². The molecular formula is C13H22N4S. The number of rotatable bonds is 5. The Morgan fingerprint density at radius 2 is 2.11 bits per heavy atom. The smallest absolute Gasteiger partial charge is 0.132 e. The van der Waals surface area contributed by atoms with E-state index in [1.165, 1.54) is 19.3 Å². The van der Waals surface area contributed by atoms with Gasteiger partial charge in [0.05, 0.1) is 0 Å². The van der Waals surface area contributed by atoms with Crippen LogP contribution in [0.25, 0.3) is 0 Å². The molecule has 0 aromatic carbocycles. The fourth-order valence-corrected chi connectivity index (χ4v) is 3.15. The van der Waals surface area contributed by atoms with Crippen LogP contribution in [0.1, 0.15) is 32.0 Å². The van der Waals surface area contributed by atoms with Gasteiger partial charge in [-0.1, -0.05) is 6.92 Å². The molecule has 2 unspecified atom stereocenters. The van der Waals surface area contributed by atoms with E-state index in [0.29, 0.717) is 6.04 Å². The zero-order chi connectivity index (χ0) is 13.0. The summed E-state index contributed by atoms with van der Waals surface area (Å²) >= 11 is 1.98. The van der Waals surface area contributed by atoms with Crippen molar-refractivity contribution in [3.63, 3.8) is 0 Å². The lowest BCUT2D eigenvalue weighted by Crippen LogP contribution is -2.17. The van der Waals surface area contributed by atoms with Crippen molar-refractivity contribution >= 4 is 23.4 Å². The zero-order valence-corrected chi connectivity index (χ0v) is 12.2. The third-order valence-corrected chi connectivity index (χ3v) is 4.51. The van der Waals surface area contributed by atoms with Crippen molar-refractivity contribution in [3.05, 3.63) is 11.9 Å². The maximum Gasteiger partial charge on any atom is 0.132 e. The van der Waals surface area contributed by atoms with Crippen LogP contribution >= 0.6 is 11.8 Å². The zero-order valence-electron chi connectivity index (χ0n) is 11.4. The van der Waals surface area contributed by atoms with Gasteiger partial charge >= 0.3 is 0 Å². The largest absolute Gasteiger partial charge is 0.373 e. The predicted molar refractivity (Wildman–Crippen MR) is 79.5 cm³/mol. The lowest BCUT2D eigenvalue weighted by molar-refractivity contribution is 0.748. The van der Waals surface area contributed by atoms with Crippen molar-refractivity contribution < 1.29 is 0 Å². The molecule has 0 saturated heterocycles. The van der Waals surface area contributed by atoms with Crippen molar-refractivity contribution in [2.24, 2.45) is 0 Å². The molecule has 1 aromatic rings. The molecule has 100 valence electrons. The summed E-state index contributed by atoms with van der Waals surface area (Å²) in [5, 5.41) is 7.45. The Balaban J connectivity index is 2.04. The maximum absolute atomic E-state index is 4.55. The minimum atomic E-state index is 0.562. The molecule has 0 radical (unpaired) electrons. The summed E-state index contributed by atoms with van der Waals surface area (Å²) in [6, 6.07) is 2.55. The Kier molecular flexibility index (Phi) is 4.69. The quantitative estimate of drug-likeness (QED) is 0.858. The van der Waals surface area contributed by atoms with Crippen molar-refractivity contribution in [1.82, 2.24) is 9.97 Å². The van der Waals surface area contributed by atoms with E-state index < -0.39 is 0 Å². The molecule has 0 amide bonds. The summed E-state index contributed by atoms with van der Waals surface area (Å²) in [7, 11) is 1.89. The number of nitrogens with one attached hydrogen (secondary N) is 2. The van der Waals surface area contributed by atoms with Crippen LogP contribution in [0.2, 0.25) is 0 Å². The van der Waals surface area contributed by atoms with Gasteiger partial charge in [0.15, 0.2) is 0 Å². The number of hydrogen-bond donors (Lipinski definition) is 2. The first-order valence-electron chi connectivity index (χ1n) is 6.60. The SMILES string of the molecule is CCc1nc(NC)cc(NC2CCC(SC)C2)n1. The molecule has 5 heteroatoms. The standard InChI is InChI=1S/C13H22N4S/c1-4-11-16-12(14-2)8-13(17-11)15-9-5-6-10(7-9)18-3/h8-10H,4-7H2,1-3H3,(H2,14,15,16,17). The van der Waals surface area contributed by atoms with Gasteiger partial charge < -0.3 is 10.6 Å². The van der Waals surface area contributed by atoms with Gasteiger partial charge in [-0.25, -0.2) is 9.97 Å². The lowest BCUT2D eigenvalue weighted by Gasteiger charge is -2.15. The van der Waals surface area contributed by atoms with Gasteiger partial charge in [-0.15, -0.1) is 0 Å². The number of anilines is 2. The van der Waals surface area contributed by atoms with Crippen molar-refractivity contribution in [3.8, 4) is 0 Å². The molecule has 0 bridgehead atoms. The molecule has 2 rings (SSSR count). The van der Waals surface area contributed by atoms with Crippen LogP contribution in [0, 0.1) is 0 Å². The van der Waals surface area contributed by atoms with Gasteiger partial charge in [0.2, 0.25) is 0 Å². The lowest BCUT2D eigenvalue weighted by atomic mass is 10.2. The summed E-state index contributed by atoms with van der Waals surface area (Å²) in [6.45, 7) is 2.08. The summed E-state index contributed by atoms with van der Waals surface area (Å²) in [5.41, 5.74) is 0. The number of nitrogens with zero attached hydrogens (tertiary/aromatic N) is 2. The topological polar surface area (TPSA) is 49.8 Å². The molecule has 1 aliphatic carbocycles. The molecule has 18 heavy (non-hydrogen) atoms. The summed E-state index contributed by atoms with van der Waals surface area (Å²) in [5.74, 6) is 2.74. The van der Waals surface area contributed by atoms with Crippen LogP contribution in [0.5, 0.6) is 0 Å². The van der Waals surface area contributed by atoms with Crippen LogP contribution in [-0.4, -0.2) is 34.6 Å². The average Bonchev–Trinajstić information content (AvgIpc) is 2.85. The van der Waals surface area contributed by atoms with Gasteiger partial charge in [0.25, 0.3) is 0 Å². The minimum Gasteiger partial charge on any atom is -0.373 e. The minimum absolute atomic E-state index is 0.562. The molecule has 0 spiro atoms. The summed E-state index contributed by atoms with van der Waals surface area (Å²) < 4.78 is 0. The van der Waals surface area contributed by atoms with E-state index in [4.69, 9.17) is 0 Å². The number of aromatic nitrogens is 2. The first kappa shape index (κ1) is 13.5. The average molecular weight is 266 g/mol. The van der Waals surface area contributed by atoms with Crippen LogP contribution < -0.4 is 10.6 Å². The second kappa shape index (κ2) is 6.27. The Morgan fingerprint density at radius 1 is 1.33 bits per heavy atom. The number of thioether (sulfide) groups is 1. The second-order valence-corrected chi connectivity index (χ2v) is 5.81. The Morgan fingerprint density at radius 3 is 2.72 bits per heavy atom. The molecular weight excluding hydrogens is 244 g/mol. The van der Waals surface area contributed by atoms with Crippen LogP contribution in [-0.2, 0) is 6.42 Å². The molecule has 1 saturated carbocycles. The monoisotopic (exact) mass is 266 g/mol. The fraction of sp³-hybridized carbons (Fsp3) is 0.692. The number of aryl methyl sites for hydroxylation is 1. The molecule has 2 N–H and O–H groups in total. The van der Waals surface area contributed by atoms with Crippen molar-refractivity contribution in [2.45, 2.75) is 43.9 Å². The van der Waals surface area contributed by atoms with Gasteiger partial charge in [0, 0.05) is 30.8 Å². The molecule has 4 nitrogen and oxygen atoms in total. The second-order valence-electron chi connectivity index (χ2n) is 4.67. The molecule has 2 atom stereocenters. The Bertz CT molecular complexity index is 374. The van der Waals surface area contributed by atoms with E-state index >= 15 is 0 Å². The summed E-state index contributed by atoms with van der Waals surface area (Å²) in [4.78, 5) is 8.95. The van der Waals surface area contributed by atoms with Crippen molar-refractivity contribution in [1.29, 1.82) is 0 Å². The highest BCUT2D eigenvalue weighted by Gasteiger charge is 2.24. The van der Waals surface area contributed by atoms with Crippen LogP contribution in [0.3, 0.4) is 0 Å². The highest BCUT2D eigenvalue weighted by Crippen LogP contribution is 2.30. The third-order valence-electron chi connectivity index (χ3n) is 3.41. The number of hydrogen-bond acceptors (Lipinski definition) is 5. The van der Waals surface area contributed by atoms with E-state index in [1.54, 1.807) is 0 Å². The molecule has 0 aliphatic heterocycles. The first-order valence-corrected chi connectivity index (χ1v) is 7.89. The Labute approximate surface area is 113 Å². The Hall–Kier alpha value is -0.970. The molecule has 1 aromatic heterocycles. The van der Waals surface area contributed by atoms with Crippen LogP contribution in [0.15, 0.2) is 6.07 Å².